The van der Waals surface area contributed by atoms with Crippen LogP contribution in [0.3, 0.4) is 0 Å². The normalized spacial score (nSPS) is 24.0. The van der Waals surface area contributed by atoms with Gasteiger partial charge in [-0.25, -0.2) is 0 Å². The molecule has 0 aromatic rings. The Balaban J connectivity index is 2.56. The van der Waals surface area contributed by atoms with Gasteiger partial charge in [-0.1, -0.05) is 8.57 Å². The quantitative estimate of drug-likeness (QED) is 0.188. The largest absolute Gasteiger partial charge is 0.446 e. The maximum Gasteiger partial charge on any atom is 0.446 e. The predicted octanol–water partition coefficient (Wildman–Crippen LogP) is -1.89. The highest BCUT2D eigenvalue weighted by Crippen LogP contribution is 2.14. The van der Waals surface area contributed by atoms with Crippen LogP contribution in [-0.4, -0.2) is 24.8 Å². The number of hydrogen-bond donors (Lipinski definition) is 2. The van der Waals surface area contributed by atoms with Gasteiger partial charge in [0.1, 0.15) is 0 Å². The van der Waals surface area contributed by atoms with Crippen LogP contribution in [0, 0.1) is 0 Å². The molecule has 1 rings (SSSR count). The molecule has 0 bridgehead atoms. The van der Waals surface area contributed by atoms with Gasteiger partial charge in [0.15, 0.2) is 0 Å². The van der Waals surface area contributed by atoms with Crippen molar-refractivity contribution in [2.45, 2.75) is 0 Å². The van der Waals surface area contributed by atoms with Crippen molar-refractivity contribution >= 4 is 16.4 Å². The maximum atomic E-state index is 10.0. The fourth-order valence-electron chi connectivity index (χ4n) is 0.284. The number of nitrogens with zero attached hydrogens (tertiary/aromatic N) is 2. The second-order valence-electron chi connectivity index (χ2n) is 1.27. The van der Waals surface area contributed by atoms with E-state index in [1.54, 1.807) is 0 Å². The van der Waals surface area contributed by atoms with E-state index in [9.17, 15) is 8.42 Å². The smallest absolute Gasteiger partial charge is 0.408 e. The number of hydroxylamine groups is 2. The lowest BCUT2D eigenvalue weighted by molar-refractivity contribution is -0.270. The Hall–Kier alpha value is -1.06. The molecule has 1 aliphatic rings. The number of rotatable bonds is 0. The fourth-order valence-corrected chi connectivity index (χ4v) is 0.780. The lowest BCUT2D eigenvalue weighted by atomic mass is 11.1. The second-order valence-corrected chi connectivity index (χ2v) is 2.39. The third-order valence-corrected chi connectivity index (χ3v) is 1.24. The standard InChI is InChI=1S/CH3N3O5S/c2-1(3-5)4-8-10(6,7)9-4/h5H,(H2,2,3). The van der Waals surface area contributed by atoms with Crippen molar-refractivity contribution in [3.05, 3.63) is 0 Å². The first-order valence-electron chi connectivity index (χ1n) is 1.97. The van der Waals surface area contributed by atoms with E-state index in [0.717, 1.165) is 0 Å². The summed E-state index contributed by atoms with van der Waals surface area (Å²) in [7, 11) is -3.93. The highest BCUT2D eigenvalue weighted by Gasteiger charge is 2.37. The number of guanidine groups is 1. The first kappa shape index (κ1) is 7.05. The molecule has 1 aliphatic heterocycles. The van der Waals surface area contributed by atoms with Gasteiger partial charge >= 0.3 is 10.4 Å². The van der Waals surface area contributed by atoms with Crippen LogP contribution in [0.1, 0.15) is 0 Å². The summed E-state index contributed by atoms with van der Waals surface area (Å²) in [5.74, 6) is -0.602. The van der Waals surface area contributed by atoms with Gasteiger partial charge < -0.3 is 10.9 Å². The summed E-state index contributed by atoms with van der Waals surface area (Å²) in [5.41, 5.74) is 4.81. The van der Waals surface area contributed by atoms with E-state index < -0.39 is 16.4 Å². The lowest BCUT2D eigenvalue weighted by Gasteiger charge is -2.24. The number of oxime groups is 1. The minimum atomic E-state index is -3.93. The monoisotopic (exact) mass is 169 g/mol. The van der Waals surface area contributed by atoms with E-state index in [2.05, 4.69) is 13.7 Å². The summed E-state index contributed by atoms with van der Waals surface area (Å²) in [4.78, 5) is 0. The van der Waals surface area contributed by atoms with Crippen LogP contribution < -0.4 is 5.73 Å². The topological polar surface area (TPSA) is 114 Å². The molecule has 58 valence electrons. The third-order valence-electron chi connectivity index (χ3n) is 0.607. The molecule has 0 saturated carbocycles. The average molecular weight is 169 g/mol. The zero-order chi connectivity index (χ0) is 7.78. The molecular formula is CH3N3O5S. The van der Waals surface area contributed by atoms with Crippen molar-refractivity contribution in [1.82, 2.24) is 5.23 Å². The van der Waals surface area contributed by atoms with Gasteiger partial charge in [0.25, 0.3) is 5.96 Å². The van der Waals surface area contributed by atoms with Gasteiger partial charge in [0.05, 0.1) is 0 Å². The first-order valence-corrected chi connectivity index (χ1v) is 3.30. The zero-order valence-corrected chi connectivity index (χ0v) is 5.28. The van der Waals surface area contributed by atoms with E-state index in [-0.39, 0.29) is 5.23 Å². The van der Waals surface area contributed by atoms with Crippen LogP contribution in [0.4, 0.5) is 0 Å². The molecule has 0 aliphatic carbocycles. The van der Waals surface area contributed by atoms with Crippen molar-refractivity contribution in [1.29, 1.82) is 0 Å². The van der Waals surface area contributed by atoms with Crippen LogP contribution in [0.15, 0.2) is 5.16 Å². The summed E-state index contributed by atoms with van der Waals surface area (Å²) in [5, 5.41) is 10.5. The SMILES string of the molecule is N/C(=N\O)N1OS(=O)(=O)O1. The second kappa shape index (κ2) is 1.97. The van der Waals surface area contributed by atoms with Crippen LogP contribution >= 0.6 is 0 Å². The summed E-state index contributed by atoms with van der Waals surface area (Å²) in [6.45, 7) is 0. The molecule has 9 heteroatoms. The van der Waals surface area contributed by atoms with E-state index in [1.165, 1.54) is 0 Å². The van der Waals surface area contributed by atoms with Gasteiger partial charge in [-0.15, -0.1) is 0 Å². The van der Waals surface area contributed by atoms with Crippen molar-refractivity contribution in [2.75, 3.05) is 0 Å². The average Bonchev–Trinajstić information content (AvgIpc) is 1.81. The van der Waals surface area contributed by atoms with Crippen LogP contribution in [0.25, 0.3) is 0 Å². The van der Waals surface area contributed by atoms with Crippen LogP contribution in [-0.2, 0) is 19.0 Å². The summed E-state index contributed by atoms with van der Waals surface area (Å²) in [6.07, 6.45) is 0. The van der Waals surface area contributed by atoms with Crippen molar-refractivity contribution in [3.63, 3.8) is 0 Å². The Kier molecular flexibility index (Phi) is 1.39. The van der Waals surface area contributed by atoms with E-state index >= 15 is 0 Å². The van der Waals surface area contributed by atoms with Gasteiger partial charge in [0, 0.05) is 0 Å². The molecule has 1 heterocycles. The highest BCUT2D eigenvalue weighted by molar-refractivity contribution is 7.82. The molecule has 0 radical (unpaired) electrons. The lowest BCUT2D eigenvalue weighted by Crippen LogP contribution is -2.49. The van der Waals surface area contributed by atoms with Crippen molar-refractivity contribution in [3.8, 4) is 0 Å². The molecule has 0 amide bonds. The molecule has 8 nitrogen and oxygen atoms in total. The predicted molar refractivity (Wildman–Crippen MR) is 26.3 cm³/mol. The molecule has 0 spiro atoms. The van der Waals surface area contributed by atoms with Gasteiger partial charge in [0.2, 0.25) is 0 Å². The number of hydrogen-bond acceptors (Lipinski definition) is 6. The van der Waals surface area contributed by atoms with Gasteiger partial charge in [-0.2, -0.15) is 8.42 Å². The zero-order valence-electron chi connectivity index (χ0n) is 4.46. The van der Waals surface area contributed by atoms with Crippen LogP contribution in [0.5, 0.6) is 0 Å². The highest BCUT2D eigenvalue weighted by atomic mass is 32.3. The summed E-state index contributed by atoms with van der Waals surface area (Å²) < 4.78 is 27.8. The third kappa shape index (κ3) is 1.10. The summed E-state index contributed by atoms with van der Waals surface area (Å²) >= 11 is 0. The van der Waals surface area contributed by atoms with Crippen molar-refractivity contribution in [2.24, 2.45) is 10.9 Å². The van der Waals surface area contributed by atoms with E-state index in [1.807, 2.05) is 0 Å². The number of nitrogens with two attached hydrogens (primary N) is 1. The molecule has 1 fully saturated rings. The van der Waals surface area contributed by atoms with E-state index in [4.69, 9.17) is 10.9 Å². The molecule has 0 aromatic heterocycles. The Morgan fingerprint density at radius 1 is 1.60 bits per heavy atom. The van der Waals surface area contributed by atoms with Gasteiger partial charge in [-0.05, 0) is 10.4 Å². The first-order chi connectivity index (χ1) is 4.55. The Bertz CT molecular complexity index is 242. The molecule has 10 heavy (non-hydrogen) atoms. The van der Waals surface area contributed by atoms with E-state index in [0.29, 0.717) is 0 Å². The molecule has 0 unspecified atom stereocenters. The summed E-state index contributed by atoms with van der Waals surface area (Å²) in [6, 6.07) is 0. The molecule has 0 aromatic carbocycles. The maximum absolute atomic E-state index is 10.0. The van der Waals surface area contributed by atoms with Crippen LogP contribution in [0.2, 0.25) is 0 Å². The minimum absolute atomic E-state index is 0.245. The fraction of sp³-hybridized carbons (Fsp3) is 0. The molecule has 3 N–H and O–H groups in total. The van der Waals surface area contributed by atoms with Crippen molar-refractivity contribution < 1.29 is 22.2 Å². The van der Waals surface area contributed by atoms with Gasteiger partial charge in [-0.3, -0.25) is 0 Å². The minimum Gasteiger partial charge on any atom is -0.408 e. The molecular weight excluding hydrogens is 166 g/mol. The Labute approximate surface area is 55.7 Å². The Morgan fingerprint density at radius 2 is 2.10 bits per heavy atom. The Morgan fingerprint density at radius 3 is 2.40 bits per heavy atom. The molecule has 0 atom stereocenters. The molecule has 1 saturated heterocycles.